The Morgan fingerprint density at radius 2 is 2.08 bits per heavy atom. The highest BCUT2D eigenvalue weighted by Crippen LogP contribution is 2.36. The van der Waals surface area contributed by atoms with Gasteiger partial charge >= 0.3 is 0 Å². The lowest BCUT2D eigenvalue weighted by atomic mass is 9.92. The average molecular weight is 353 g/mol. The van der Waals surface area contributed by atoms with Crippen molar-refractivity contribution in [1.82, 2.24) is 14.7 Å². The molecule has 1 spiro atoms. The Bertz CT molecular complexity index is 805. The first-order valence-electron chi connectivity index (χ1n) is 9.59. The lowest BCUT2D eigenvalue weighted by Gasteiger charge is -2.26. The number of ether oxygens (including phenoxy) is 1. The minimum Gasteiger partial charge on any atom is -0.375 e. The van der Waals surface area contributed by atoms with Gasteiger partial charge in [0.1, 0.15) is 0 Å². The summed E-state index contributed by atoms with van der Waals surface area (Å²) in [6, 6.07) is 10.4. The van der Waals surface area contributed by atoms with E-state index in [1.165, 1.54) is 0 Å². The standard InChI is InChI=1S/C21H27N3O2/c1-16-13-17(2)24(22-16)19-6-3-5-18(14-19)15-23-11-10-21(8-4-12-26-21)9-7-20(23)25/h3,5-6,13-14H,4,7-12,15H2,1-2H3/t21-/m0/s1. The molecule has 1 aromatic heterocycles. The summed E-state index contributed by atoms with van der Waals surface area (Å²) >= 11 is 0. The van der Waals surface area contributed by atoms with Crippen LogP contribution in [-0.4, -0.2) is 39.3 Å². The molecular weight excluding hydrogens is 326 g/mol. The molecule has 138 valence electrons. The highest BCUT2D eigenvalue weighted by atomic mass is 16.5. The van der Waals surface area contributed by atoms with Crippen molar-refractivity contribution >= 4 is 5.91 Å². The van der Waals surface area contributed by atoms with Crippen LogP contribution in [0.4, 0.5) is 0 Å². The van der Waals surface area contributed by atoms with Crippen LogP contribution in [0, 0.1) is 13.8 Å². The topological polar surface area (TPSA) is 47.4 Å². The molecule has 2 aliphatic heterocycles. The molecule has 5 heteroatoms. The molecule has 0 aliphatic carbocycles. The number of aromatic nitrogens is 2. The van der Waals surface area contributed by atoms with E-state index in [9.17, 15) is 4.79 Å². The SMILES string of the molecule is Cc1cc(C)n(-c2cccc(CN3CC[C@]4(CCCO4)CCC3=O)c2)n1. The molecule has 0 bridgehead atoms. The van der Waals surface area contributed by atoms with Crippen LogP contribution in [0.5, 0.6) is 0 Å². The van der Waals surface area contributed by atoms with Gasteiger partial charge in [0.25, 0.3) is 0 Å². The van der Waals surface area contributed by atoms with E-state index in [1.807, 2.05) is 22.6 Å². The predicted octanol–water partition coefficient (Wildman–Crippen LogP) is 3.55. The molecule has 2 fully saturated rings. The van der Waals surface area contributed by atoms with Crippen molar-refractivity contribution in [2.24, 2.45) is 0 Å². The summed E-state index contributed by atoms with van der Waals surface area (Å²) in [5.74, 6) is 0.244. The number of benzene rings is 1. The van der Waals surface area contributed by atoms with E-state index in [-0.39, 0.29) is 11.5 Å². The lowest BCUT2D eigenvalue weighted by molar-refractivity contribution is -0.131. The third-order valence-electron chi connectivity index (χ3n) is 5.71. The first-order chi connectivity index (χ1) is 12.5. The van der Waals surface area contributed by atoms with Gasteiger partial charge in [-0.3, -0.25) is 4.79 Å². The van der Waals surface area contributed by atoms with E-state index in [4.69, 9.17) is 4.74 Å². The van der Waals surface area contributed by atoms with Crippen LogP contribution in [0.3, 0.4) is 0 Å². The van der Waals surface area contributed by atoms with Gasteiger partial charge in [-0.25, -0.2) is 4.68 Å². The van der Waals surface area contributed by atoms with Gasteiger partial charge in [-0.05, 0) is 63.3 Å². The smallest absolute Gasteiger partial charge is 0.222 e. The van der Waals surface area contributed by atoms with E-state index in [2.05, 4.69) is 36.3 Å². The third-order valence-corrected chi connectivity index (χ3v) is 5.71. The largest absolute Gasteiger partial charge is 0.375 e. The number of amides is 1. The van der Waals surface area contributed by atoms with Gasteiger partial charge in [-0.15, -0.1) is 0 Å². The minimum atomic E-state index is -0.0457. The molecule has 0 radical (unpaired) electrons. The number of hydrogen-bond donors (Lipinski definition) is 0. The normalized spacial score (nSPS) is 23.6. The monoisotopic (exact) mass is 353 g/mol. The minimum absolute atomic E-state index is 0.0457. The predicted molar refractivity (Wildman–Crippen MR) is 100 cm³/mol. The summed E-state index contributed by atoms with van der Waals surface area (Å²) in [5.41, 5.74) is 4.27. The molecule has 0 saturated carbocycles. The average Bonchev–Trinajstić information content (AvgIpc) is 3.19. The number of aryl methyl sites for hydroxylation is 2. The molecule has 1 aromatic carbocycles. The highest BCUT2D eigenvalue weighted by Gasteiger charge is 2.38. The maximum atomic E-state index is 12.6. The van der Waals surface area contributed by atoms with Crippen molar-refractivity contribution in [1.29, 1.82) is 0 Å². The van der Waals surface area contributed by atoms with Crippen LogP contribution in [0.2, 0.25) is 0 Å². The molecular formula is C21H27N3O2. The van der Waals surface area contributed by atoms with Crippen molar-refractivity contribution in [3.8, 4) is 5.69 Å². The molecule has 5 nitrogen and oxygen atoms in total. The Balaban J connectivity index is 1.51. The van der Waals surface area contributed by atoms with Crippen LogP contribution in [0.1, 0.15) is 49.1 Å². The lowest BCUT2D eigenvalue weighted by Crippen LogP contribution is -2.32. The van der Waals surface area contributed by atoms with Gasteiger partial charge in [-0.2, -0.15) is 5.10 Å². The van der Waals surface area contributed by atoms with E-state index in [0.29, 0.717) is 13.0 Å². The molecule has 2 aliphatic rings. The van der Waals surface area contributed by atoms with Gasteiger partial charge in [0.05, 0.1) is 17.0 Å². The maximum Gasteiger partial charge on any atom is 0.222 e. The first kappa shape index (κ1) is 17.3. The Labute approximate surface area is 154 Å². The van der Waals surface area contributed by atoms with E-state index in [1.54, 1.807) is 0 Å². The van der Waals surface area contributed by atoms with Crippen LogP contribution >= 0.6 is 0 Å². The molecule has 3 heterocycles. The second-order valence-corrected chi connectivity index (χ2v) is 7.71. The van der Waals surface area contributed by atoms with Crippen LogP contribution in [0.25, 0.3) is 5.69 Å². The van der Waals surface area contributed by atoms with E-state index < -0.39 is 0 Å². The molecule has 2 aromatic rings. The van der Waals surface area contributed by atoms with Crippen molar-refractivity contribution < 1.29 is 9.53 Å². The first-order valence-corrected chi connectivity index (χ1v) is 9.59. The number of nitrogens with zero attached hydrogens (tertiary/aromatic N) is 3. The van der Waals surface area contributed by atoms with Crippen molar-refractivity contribution in [2.75, 3.05) is 13.2 Å². The zero-order valence-corrected chi connectivity index (χ0v) is 15.7. The van der Waals surface area contributed by atoms with Crippen LogP contribution in [-0.2, 0) is 16.1 Å². The summed E-state index contributed by atoms with van der Waals surface area (Å²) in [7, 11) is 0. The molecule has 1 atom stereocenters. The number of hydrogen-bond acceptors (Lipinski definition) is 3. The Kier molecular flexibility index (Phi) is 4.57. The number of carbonyl (C=O) groups is 1. The quantitative estimate of drug-likeness (QED) is 0.848. The van der Waals surface area contributed by atoms with Gasteiger partial charge in [-0.1, -0.05) is 12.1 Å². The number of carbonyl (C=O) groups excluding carboxylic acids is 1. The zero-order chi connectivity index (χ0) is 18.1. The fourth-order valence-electron chi connectivity index (χ4n) is 4.30. The summed E-state index contributed by atoms with van der Waals surface area (Å²) in [5, 5.41) is 4.57. The summed E-state index contributed by atoms with van der Waals surface area (Å²) in [6.45, 7) is 6.35. The van der Waals surface area contributed by atoms with Crippen molar-refractivity contribution in [3.05, 3.63) is 47.3 Å². The van der Waals surface area contributed by atoms with Gasteiger partial charge in [0.2, 0.25) is 5.91 Å². The molecule has 1 amide bonds. The van der Waals surface area contributed by atoms with Gasteiger partial charge < -0.3 is 9.64 Å². The Hall–Kier alpha value is -2.14. The summed E-state index contributed by atoms with van der Waals surface area (Å²) in [6.07, 6.45) is 4.64. The molecule has 2 saturated heterocycles. The fraction of sp³-hybridized carbons (Fsp3) is 0.524. The van der Waals surface area contributed by atoms with Gasteiger partial charge in [0.15, 0.2) is 0 Å². The molecule has 0 unspecified atom stereocenters. The second kappa shape index (κ2) is 6.88. The highest BCUT2D eigenvalue weighted by molar-refractivity contribution is 5.76. The van der Waals surface area contributed by atoms with E-state index in [0.717, 1.165) is 61.5 Å². The van der Waals surface area contributed by atoms with Crippen molar-refractivity contribution in [3.63, 3.8) is 0 Å². The molecule has 26 heavy (non-hydrogen) atoms. The zero-order valence-electron chi connectivity index (χ0n) is 15.7. The third kappa shape index (κ3) is 3.40. The van der Waals surface area contributed by atoms with Crippen LogP contribution in [0.15, 0.2) is 30.3 Å². The van der Waals surface area contributed by atoms with Crippen LogP contribution < -0.4 is 0 Å². The number of likely N-dealkylation sites (tertiary alicyclic amines) is 1. The maximum absolute atomic E-state index is 12.6. The summed E-state index contributed by atoms with van der Waals surface area (Å²) in [4.78, 5) is 14.6. The van der Waals surface area contributed by atoms with Gasteiger partial charge in [0, 0.05) is 31.8 Å². The van der Waals surface area contributed by atoms with Crippen molar-refractivity contribution in [2.45, 2.75) is 58.1 Å². The second-order valence-electron chi connectivity index (χ2n) is 7.71. The Morgan fingerprint density at radius 3 is 2.81 bits per heavy atom. The Morgan fingerprint density at radius 1 is 1.19 bits per heavy atom. The molecule has 0 N–H and O–H groups in total. The number of rotatable bonds is 3. The van der Waals surface area contributed by atoms with E-state index >= 15 is 0 Å². The fourth-order valence-corrected chi connectivity index (χ4v) is 4.30. The summed E-state index contributed by atoms with van der Waals surface area (Å²) < 4.78 is 7.97. The molecule has 4 rings (SSSR count).